The molecule has 0 amide bonds. The molecule has 45 heavy (non-hydrogen) atoms. The molecule has 3 heterocycles. The molecule has 2 saturated heterocycles. The highest BCUT2D eigenvalue weighted by atomic mass is 19.4. The number of hydrogen-bond donors (Lipinski definition) is 2. The molecule has 0 radical (unpaired) electrons. The van der Waals surface area contributed by atoms with Crippen LogP contribution in [-0.4, -0.2) is 68.8 Å². The monoisotopic (exact) mass is 624 g/mol. The van der Waals surface area contributed by atoms with E-state index in [2.05, 4.69) is 9.88 Å². The van der Waals surface area contributed by atoms with Gasteiger partial charge in [-0.2, -0.15) is 13.2 Å². The lowest BCUT2D eigenvalue weighted by atomic mass is 9.83. The molecule has 6 rings (SSSR count). The molecule has 0 saturated carbocycles. The number of imidazole rings is 1. The fourth-order valence-corrected chi connectivity index (χ4v) is 6.95. The molecule has 3 aromatic carbocycles. The van der Waals surface area contributed by atoms with Gasteiger partial charge in [0.25, 0.3) is 0 Å². The number of ketones is 1. The molecule has 11 heteroatoms. The first kappa shape index (κ1) is 31.2. The van der Waals surface area contributed by atoms with E-state index in [1.165, 1.54) is 12.1 Å². The fourth-order valence-electron chi connectivity index (χ4n) is 6.95. The number of alkyl halides is 4. The predicted octanol–water partition coefficient (Wildman–Crippen LogP) is 5.91. The SMILES string of the molecule is O=C(c1ccccc1)C(F)CC(N1CCC(n2c(=O)[nH]c3ccccc32)CC1)N1CCC(O)(c2cccc(C(F)(F)F)c2)CC1. The normalized spacial score (nSPS) is 19.8. The predicted molar refractivity (Wildman–Crippen MR) is 163 cm³/mol. The maximum atomic E-state index is 15.7. The highest BCUT2D eigenvalue weighted by molar-refractivity contribution is 5.99. The van der Waals surface area contributed by atoms with Gasteiger partial charge in [-0.25, -0.2) is 9.18 Å². The molecule has 2 atom stereocenters. The fraction of sp³-hybridized carbons (Fsp3) is 0.412. The summed E-state index contributed by atoms with van der Waals surface area (Å²) in [7, 11) is 0. The number of benzene rings is 3. The Hall–Kier alpha value is -3.80. The van der Waals surface area contributed by atoms with E-state index in [9.17, 15) is 27.9 Å². The molecule has 0 bridgehead atoms. The number of aliphatic hydroxyl groups is 1. The van der Waals surface area contributed by atoms with Gasteiger partial charge in [-0.3, -0.25) is 19.2 Å². The second kappa shape index (κ2) is 12.5. The van der Waals surface area contributed by atoms with Crippen molar-refractivity contribution in [2.45, 2.75) is 62.3 Å². The van der Waals surface area contributed by atoms with Crippen LogP contribution in [0.25, 0.3) is 11.0 Å². The van der Waals surface area contributed by atoms with Crippen LogP contribution in [0.15, 0.2) is 83.7 Å². The van der Waals surface area contributed by atoms with Gasteiger partial charge in [0.05, 0.1) is 28.4 Å². The molecule has 2 N–H and O–H groups in total. The zero-order chi connectivity index (χ0) is 31.8. The Morgan fingerprint density at radius 3 is 2.24 bits per heavy atom. The summed E-state index contributed by atoms with van der Waals surface area (Å²) in [6.45, 7) is 1.74. The number of halogens is 4. The number of nitrogens with zero attached hydrogens (tertiary/aromatic N) is 3. The summed E-state index contributed by atoms with van der Waals surface area (Å²) in [4.78, 5) is 32.9. The van der Waals surface area contributed by atoms with Gasteiger partial charge in [0.15, 0.2) is 12.0 Å². The Morgan fingerprint density at radius 1 is 0.911 bits per heavy atom. The Bertz CT molecular complexity index is 1690. The van der Waals surface area contributed by atoms with Gasteiger partial charge < -0.3 is 10.1 Å². The van der Waals surface area contributed by atoms with Crippen LogP contribution in [0.4, 0.5) is 17.6 Å². The van der Waals surface area contributed by atoms with Crippen LogP contribution in [0.5, 0.6) is 0 Å². The van der Waals surface area contributed by atoms with E-state index in [-0.39, 0.29) is 36.6 Å². The second-order valence-electron chi connectivity index (χ2n) is 12.1. The third kappa shape index (κ3) is 6.47. The molecule has 7 nitrogen and oxygen atoms in total. The molecule has 2 fully saturated rings. The highest BCUT2D eigenvalue weighted by Gasteiger charge is 2.41. The topological polar surface area (TPSA) is 81.6 Å². The second-order valence-corrected chi connectivity index (χ2v) is 12.1. The van der Waals surface area contributed by atoms with Crippen LogP contribution in [0, 0.1) is 0 Å². The van der Waals surface area contributed by atoms with E-state index in [1.54, 1.807) is 34.9 Å². The van der Waals surface area contributed by atoms with E-state index in [0.29, 0.717) is 44.6 Å². The number of nitrogens with one attached hydrogen (secondary N) is 1. The minimum atomic E-state index is -4.52. The molecule has 4 aromatic rings. The minimum absolute atomic E-state index is 0.0509. The van der Waals surface area contributed by atoms with E-state index in [0.717, 1.165) is 23.2 Å². The third-order valence-corrected chi connectivity index (χ3v) is 9.44. The Labute approximate surface area is 258 Å². The average molecular weight is 625 g/mol. The molecule has 0 aliphatic carbocycles. The summed E-state index contributed by atoms with van der Waals surface area (Å²) in [6.07, 6.45) is -5.24. The van der Waals surface area contributed by atoms with Crippen molar-refractivity contribution in [2.24, 2.45) is 0 Å². The summed E-state index contributed by atoms with van der Waals surface area (Å²) >= 11 is 0. The van der Waals surface area contributed by atoms with Crippen LogP contribution in [-0.2, 0) is 11.8 Å². The number of aromatic nitrogens is 2. The quantitative estimate of drug-likeness (QED) is 0.188. The zero-order valence-electron chi connectivity index (χ0n) is 24.7. The zero-order valence-corrected chi connectivity index (χ0v) is 24.7. The number of piperidine rings is 2. The average Bonchev–Trinajstić information content (AvgIpc) is 3.39. The van der Waals surface area contributed by atoms with E-state index in [4.69, 9.17) is 0 Å². The number of aromatic amines is 1. The molecular formula is C34H36F4N4O3. The molecular weight excluding hydrogens is 588 g/mol. The van der Waals surface area contributed by atoms with Gasteiger partial charge in [-0.15, -0.1) is 0 Å². The summed E-state index contributed by atoms with van der Waals surface area (Å²) in [5, 5.41) is 11.4. The summed E-state index contributed by atoms with van der Waals surface area (Å²) in [6, 6.07) is 20.6. The maximum Gasteiger partial charge on any atom is 0.416 e. The largest absolute Gasteiger partial charge is 0.416 e. The number of Topliss-reactive ketones (excluding diaryl/α,β-unsaturated/α-hetero) is 1. The Kier molecular flexibility index (Phi) is 8.69. The van der Waals surface area contributed by atoms with Crippen LogP contribution in [0.2, 0.25) is 0 Å². The van der Waals surface area contributed by atoms with Crippen molar-refractivity contribution < 1.29 is 27.5 Å². The highest BCUT2D eigenvalue weighted by Crippen LogP contribution is 2.38. The summed E-state index contributed by atoms with van der Waals surface area (Å²) in [5.74, 6) is -0.599. The molecule has 2 unspecified atom stereocenters. The van der Waals surface area contributed by atoms with E-state index < -0.39 is 35.5 Å². The molecule has 0 spiro atoms. The smallest absolute Gasteiger partial charge is 0.385 e. The molecule has 238 valence electrons. The number of H-pyrrole nitrogens is 1. The number of para-hydroxylation sites is 2. The third-order valence-electron chi connectivity index (χ3n) is 9.44. The van der Waals surface area contributed by atoms with Gasteiger partial charge in [-0.1, -0.05) is 54.6 Å². The van der Waals surface area contributed by atoms with Crippen molar-refractivity contribution >= 4 is 16.8 Å². The van der Waals surface area contributed by atoms with Crippen LogP contribution in [0.3, 0.4) is 0 Å². The first-order chi connectivity index (χ1) is 21.5. The van der Waals surface area contributed by atoms with E-state index in [1.807, 2.05) is 29.2 Å². The van der Waals surface area contributed by atoms with Crippen molar-refractivity contribution in [1.29, 1.82) is 0 Å². The number of hydrogen-bond acceptors (Lipinski definition) is 5. The van der Waals surface area contributed by atoms with Gasteiger partial charge >= 0.3 is 11.9 Å². The molecule has 2 aliphatic heterocycles. The summed E-state index contributed by atoms with van der Waals surface area (Å²) < 4.78 is 57.7. The number of fused-ring (bicyclic) bond motifs is 1. The number of likely N-dealkylation sites (tertiary alicyclic amines) is 2. The lowest BCUT2D eigenvalue weighted by Gasteiger charge is -2.47. The van der Waals surface area contributed by atoms with Crippen molar-refractivity contribution in [3.63, 3.8) is 0 Å². The van der Waals surface area contributed by atoms with Crippen molar-refractivity contribution in [2.75, 3.05) is 26.2 Å². The molecule has 1 aromatic heterocycles. The first-order valence-electron chi connectivity index (χ1n) is 15.3. The minimum Gasteiger partial charge on any atom is -0.385 e. The number of carbonyl (C=O) groups is 1. The van der Waals surface area contributed by atoms with Crippen LogP contribution >= 0.6 is 0 Å². The number of rotatable bonds is 8. The summed E-state index contributed by atoms with van der Waals surface area (Å²) in [5.41, 5.74) is -0.344. The van der Waals surface area contributed by atoms with Gasteiger partial charge in [0.2, 0.25) is 0 Å². The van der Waals surface area contributed by atoms with Crippen molar-refractivity contribution in [3.8, 4) is 0 Å². The Balaban J connectivity index is 1.20. The first-order valence-corrected chi connectivity index (χ1v) is 15.3. The van der Waals surface area contributed by atoms with Crippen LogP contribution < -0.4 is 5.69 Å². The Morgan fingerprint density at radius 2 is 1.56 bits per heavy atom. The van der Waals surface area contributed by atoms with E-state index >= 15 is 4.39 Å². The van der Waals surface area contributed by atoms with Crippen molar-refractivity contribution in [3.05, 3.63) is 106 Å². The van der Waals surface area contributed by atoms with Crippen LogP contribution in [0.1, 0.15) is 59.6 Å². The van der Waals surface area contributed by atoms with Gasteiger partial charge in [0.1, 0.15) is 0 Å². The van der Waals surface area contributed by atoms with Crippen molar-refractivity contribution in [1.82, 2.24) is 19.4 Å². The molecule has 2 aliphatic rings. The van der Waals surface area contributed by atoms with Gasteiger partial charge in [-0.05, 0) is 55.5 Å². The standard InChI is InChI=1S/C34H36F4N4O3/c35-27(31(43)23-7-2-1-3-8-23)22-30(40-17-13-26(14-18-40)42-29-12-5-4-11-28(29)39-32(42)44)41-19-15-33(45,16-20-41)24-9-6-10-25(21-24)34(36,37)38/h1-12,21,26-27,30,45H,13-20,22H2,(H,39,44). The van der Waals surface area contributed by atoms with Gasteiger partial charge in [0, 0.05) is 44.2 Å². The number of carbonyl (C=O) groups excluding carboxylic acids is 1. The maximum absolute atomic E-state index is 15.7. The lowest BCUT2D eigenvalue weighted by molar-refractivity contribution is -0.137. The lowest BCUT2D eigenvalue weighted by Crippen LogP contribution is -2.56.